The number of halogens is 2. The lowest BCUT2D eigenvalue weighted by molar-refractivity contribution is 0.0700. The van der Waals surface area contributed by atoms with Crippen LogP contribution in [0.3, 0.4) is 0 Å². The highest BCUT2D eigenvalue weighted by molar-refractivity contribution is 6.35. The Labute approximate surface area is 133 Å². The van der Waals surface area contributed by atoms with Crippen LogP contribution in [0.5, 0.6) is 0 Å². The average molecular weight is 334 g/mol. The van der Waals surface area contributed by atoms with E-state index >= 15 is 0 Å². The third-order valence-electron chi connectivity index (χ3n) is 2.78. The summed E-state index contributed by atoms with van der Waals surface area (Å²) in [5.74, 6) is -0.243. The second-order valence-corrected chi connectivity index (χ2v) is 5.09. The lowest BCUT2D eigenvalue weighted by Crippen LogP contribution is -2.36. The number of benzene rings is 1. The summed E-state index contributed by atoms with van der Waals surface area (Å²) in [6.45, 7) is 0.998. The van der Waals surface area contributed by atoms with Crippen LogP contribution in [0.2, 0.25) is 10.0 Å². The first kappa shape index (κ1) is 17.6. The van der Waals surface area contributed by atoms with Crippen molar-refractivity contribution in [3.63, 3.8) is 0 Å². The Kier molecular flexibility index (Phi) is 7.28. The SMILES string of the molecule is COCCN(CCC(N)=NO)C(=O)c1cc(Cl)ccc1Cl. The number of amides is 1. The number of nitrogens with two attached hydrogens (primary N) is 1. The van der Waals surface area contributed by atoms with Crippen molar-refractivity contribution in [2.45, 2.75) is 6.42 Å². The fourth-order valence-corrected chi connectivity index (χ4v) is 2.02. The standard InChI is InChI=1S/C13H17Cl2N3O3/c1-21-7-6-18(5-4-12(16)17-20)13(19)10-8-9(14)2-3-11(10)15/h2-3,8,20H,4-7H2,1H3,(H2,16,17). The van der Waals surface area contributed by atoms with E-state index in [2.05, 4.69) is 5.16 Å². The molecule has 0 aliphatic rings. The molecule has 0 aromatic heterocycles. The molecule has 6 nitrogen and oxygen atoms in total. The van der Waals surface area contributed by atoms with Gasteiger partial charge in [0, 0.05) is 31.6 Å². The van der Waals surface area contributed by atoms with Crippen LogP contribution < -0.4 is 5.73 Å². The number of amidine groups is 1. The van der Waals surface area contributed by atoms with Gasteiger partial charge in [0.25, 0.3) is 5.91 Å². The van der Waals surface area contributed by atoms with E-state index in [0.29, 0.717) is 28.8 Å². The molecule has 0 atom stereocenters. The van der Waals surface area contributed by atoms with Gasteiger partial charge in [0.2, 0.25) is 0 Å². The second kappa shape index (κ2) is 8.71. The van der Waals surface area contributed by atoms with E-state index in [9.17, 15) is 4.79 Å². The Hall–Kier alpha value is -1.50. The Balaban J connectivity index is 2.90. The van der Waals surface area contributed by atoms with Crippen LogP contribution in [-0.4, -0.2) is 48.7 Å². The predicted octanol–water partition coefficient (Wildman–Crippen LogP) is 2.22. The van der Waals surface area contributed by atoms with E-state index in [1.54, 1.807) is 19.2 Å². The van der Waals surface area contributed by atoms with Gasteiger partial charge < -0.3 is 20.6 Å². The molecule has 0 spiro atoms. The van der Waals surface area contributed by atoms with Gasteiger partial charge in [-0.3, -0.25) is 4.79 Å². The molecule has 3 N–H and O–H groups in total. The van der Waals surface area contributed by atoms with E-state index in [1.807, 2.05) is 0 Å². The van der Waals surface area contributed by atoms with E-state index in [1.165, 1.54) is 11.0 Å². The maximum absolute atomic E-state index is 12.5. The lowest BCUT2D eigenvalue weighted by atomic mass is 10.2. The molecule has 1 aromatic rings. The molecule has 0 aliphatic carbocycles. The lowest BCUT2D eigenvalue weighted by Gasteiger charge is -2.22. The van der Waals surface area contributed by atoms with E-state index in [0.717, 1.165) is 0 Å². The number of methoxy groups -OCH3 is 1. The summed E-state index contributed by atoms with van der Waals surface area (Å²) in [5.41, 5.74) is 5.73. The number of carbonyl (C=O) groups excluding carboxylic acids is 1. The summed E-state index contributed by atoms with van der Waals surface area (Å²) >= 11 is 11.9. The molecule has 21 heavy (non-hydrogen) atoms. The minimum atomic E-state index is -0.287. The first-order valence-corrected chi connectivity index (χ1v) is 6.94. The number of oxime groups is 1. The third kappa shape index (κ3) is 5.41. The summed E-state index contributed by atoms with van der Waals surface area (Å²) in [6.07, 6.45) is 0.240. The molecule has 1 aromatic carbocycles. The van der Waals surface area contributed by atoms with Gasteiger partial charge in [-0.1, -0.05) is 28.4 Å². The summed E-state index contributed by atoms with van der Waals surface area (Å²) < 4.78 is 4.98. The van der Waals surface area contributed by atoms with Crippen molar-refractivity contribution >= 4 is 34.9 Å². The second-order valence-electron chi connectivity index (χ2n) is 4.25. The molecule has 0 bridgehead atoms. The van der Waals surface area contributed by atoms with Gasteiger partial charge in [0.15, 0.2) is 0 Å². The Morgan fingerprint density at radius 1 is 1.43 bits per heavy atom. The Morgan fingerprint density at radius 2 is 2.14 bits per heavy atom. The zero-order chi connectivity index (χ0) is 15.8. The van der Waals surface area contributed by atoms with Gasteiger partial charge in [-0.25, -0.2) is 0 Å². The maximum atomic E-state index is 12.5. The fraction of sp³-hybridized carbons (Fsp3) is 0.385. The van der Waals surface area contributed by atoms with E-state index in [4.69, 9.17) is 38.9 Å². The van der Waals surface area contributed by atoms with Gasteiger partial charge >= 0.3 is 0 Å². The first-order valence-electron chi connectivity index (χ1n) is 6.19. The average Bonchev–Trinajstić information content (AvgIpc) is 2.48. The van der Waals surface area contributed by atoms with Crippen molar-refractivity contribution < 1.29 is 14.7 Å². The molecule has 116 valence electrons. The quantitative estimate of drug-likeness (QED) is 0.346. The van der Waals surface area contributed by atoms with Crippen LogP contribution in [0.25, 0.3) is 0 Å². The van der Waals surface area contributed by atoms with Crippen LogP contribution in [0, 0.1) is 0 Å². The topological polar surface area (TPSA) is 88.2 Å². The summed E-state index contributed by atoms with van der Waals surface area (Å²) in [4.78, 5) is 14.0. The van der Waals surface area contributed by atoms with E-state index < -0.39 is 0 Å². The maximum Gasteiger partial charge on any atom is 0.255 e. The molecule has 1 amide bonds. The number of hydrogen-bond donors (Lipinski definition) is 2. The highest BCUT2D eigenvalue weighted by Gasteiger charge is 2.19. The monoisotopic (exact) mass is 333 g/mol. The molecule has 0 fully saturated rings. The molecule has 0 saturated carbocycles. The van der Waals surface area contributed by atoms with Gasteiger partial charge in [-0.05, 0) is 18.2 Å². The highest BCUT2D eigenvalue weighted by Crippen LogP contribution is 2.22. The van der Waals surface area contributed by atoms with Crippen LogP contribution in [0.1, 0.15) is 16.8 Å². The van der Waals surface area contributed by atoms with Crippen molar-refractivity contribution in [1.82, 2.24) is 4.90 Å². The molecule has 0 radical (unpaired) electrons. The molecule has 0 saturated heterocycles. The third-order valence-corrected chi connectivity index (χ3v) is 3.34. The van der Waals surface area contributed by atoms with E-state index in [-0.39, 0.29) is 24.7 Å². The molecular formula is C13H17Cl2N3O3. The largest absolute Gasteiger partial charge is 0.409 e. The van der Waals surface area contributed by atoms with Crippen LogP contribution in [0.15, 0.2) is 23.4 Å². The zero-order valence-electron chi connectivity index (χ0n) is 11.6. The van der Waals surface area contributed by atoms with Crippen molar-refractivity contribution in [1.29, 1.82) is 0 Å². The number of hydrogen-bond acceptors (Lipinski definition) is 4. The fourth-order valence-electron chi connectivity index (χ4n) is 1.65. The molecule has 0 aliphatic heterocycles. The number of ether oxygens (including phenoxy) is 1. The summed E-state index contributed by atoms with van der Waals surface area (Å²) in [5, 5.41) is 12.2. The summed E-state index contributed by atoms with van der Waals surface area (Å²) in [7, 11) is 1.54. The van der Waals surface area contributed by atoms with Gasteiger partial charge in [-0.15, -0.1) is 0 Å². The van der Waals surface area contributed by atoms with Crippen LogP contribution >= 0.6 is 23.2 Å². The Bertz CT molecular complexity index is 523. The smallest absolute Gasteiger partial charge is 0.255 e. The van der Waals surface area contributed by atoms with Crippen molar-refractivity contribution in [2.75, 3.05) is 26.8 Å². The predicted molar refractivity (Wildman–Crippen MR) is 82.3 cm³/mol. The van der Waals surface area contributed by atoms with Crippen molar-refractivity contribution in [3.05, 3.63) is 33.8 Å². The molecule has 8 heteroatoms. The minimum Gasteiger partial charge on any atom is -0.409 e. The van der Waals surface area contributed by atoms with Crippen molar-refractivity contribution in [3.8, 4) is 0 Å². The zero-order valence-corrected chi connectivity index (χ0v) is 13.1. The number of carbonyl (C=O) groups is 1. The van der Waals surface area contributed by atoms with Crippen molar-refractivity contribution in [2.24, 2.45) is 10.9 Å². The van der Waals surface area contributed by atoms with Crippen LogP contribution in [0.4, 0.5) is 0 Å². The van der Waals surface area contributed by atoms with Gasteiger partial charge in [-0.2, -0.15) is 0 Å². The molecule has 0 unspecified atom stereocenters. The minimum absolute atomic E-state index is 0.0439. The normalized spacial score (nSPS) is 11.5. The first-order chi connectivity index (χ1) is 9.99. The number of rotatable bonds is 7. The molecular weight excluding hydrogens is 317 g/mol. The highest BCUT2D eigenvalue weighted by atomic mass is 35.5. The Morgan fingerprint density at radius 3 is 2.76 bits per heavy atom. The number of nitrogens with zero attached hydrogens (tertiary/aromatic N) is 2. The van der Waals surface area contributed by atoms with Gasteiger partial charge in [0.05, 0.1) is 17.2 Å². The van der Waals surface area contributed by atoms with Crippen LogP contribution in [-0.2, 0) is 4.74 Å². The summed E-state index contributed by atoms with van der Waals surface area (Å²) in [6, 6.07) is 4.68. The molecule has 1 rings (SSSR count). The molecule has 0 heterocycles. The van der Waals surface area contributed by atoms with Gasteiger partial charge in [0.1, 0.15) is 5.84 Å².